The molecule has 0 spiro atoms. The molecule has 37 heavy (non-hydrogen) atoms. The monoisotopic (exact) mass is 538 g/mol. The molecule has 5 nitrogen and oxygen atoms in total. The standard InChI is InChI=1S/C29H25Cl2FN2O3/c1-2-34-18-27(24-13-10-22(30)17-25(24)31)33-28(34)14-9-20-5-6-21(16-26(20)32)19-7-11-23(12-8-19)37-15-3-4-29(35)36/h5-14,16-18H,2-4,15H2,1H3,(H,35,36). The molecule has 4 aromatic rings. The number of hydrogen-bond donors (Lipinski definition) is 1. The smallest absolute Gasteiger partial charge is 0.303 e. The first-order chi connectivity index (χ1) is 17.8. The molecule has 0 atom stereocenters. The molecule has 4 rings (SSSR count). The van der Waals surface area contributed by atoms with E-state index in [1.54, 1.807) is 42.5 Å². The zero-order chi connectivity index (χ0) is 26.4. The summed E-state index contributed by atoms with van der Waals surface area (Å²) in [5, 5.41) is 9.76. The van der Waals surface area contributed by atoms with Crippen molar-refractivity contribution in [2.45, 2.75) is 26.3 Å². The third-order valence-corrected chi connectivity index (χ3v) is 6.31. The number of carboxylic acid groups (broad SMARTS) is 1. The molecule has 0 saturated carbocycles. The Labute approximate surface area is 224 Å². The topological polar surface area (TPSA) is 64.4 Å². The number of hydrogen-bond acceptors (Lipinski definition) is 3. The second kappa shape index (κ2) is 12.1. The molecule has 8 heteroatoms. The quantitative estimate of drug-likeness (QED) is 0.207. The van der Waals surface area contributed by atoms with Crippen LogP contribution in [0.15, 0.2) is 66.9 Å². The van der Waals surface area contributed by atoms with Gasteiger partial charge in [0.05, 0.1) is 17.3 Å². The molecule has 0 unspecified atom stereocenters. The zero-order valence-corrected chi connectivity index (χ0v) is 21.6. The highest BCUT2D eigenvalue weighted by Crippen LogP contribution is 2.30. The van der Waals surface area contributed by atoms with Crippen molar-refractivity contribution < 1.29 is 19.0 Å². The van der Waals surface area contributed by atoms with Crippen LogP contribution in [0.3, 0.4) is 0 Å². The van der Waals surface area contributed by atoms with Crippen LogP contribution in [0.2, 0.25) is 10.0 Å². The third kappa shape index (κ3) is 6.79. The first kappa shape index (κ1) is 26.5. The average molecular weight is 539 g/mol. The number of carbonyl (C=O) groups is 1. The lowest BCUT2D eigenvalue weighted by atomic mass is 10.0. The van der Waals surface area contributed by atoms with E-state index >= 15 is 0 Å². The van der Waals surface area contributed by atoms with E-state index in [9.17, 15) is 9.18 Å². The molecule has 0 radical (unpaired) electrons. The van der Waals surface area contributed by atoms with E-state index in [2.05, 4.69) is 4.98 Å². The Morgan fingerprint density at radius 1 is 1.05 bits per heavy atom. The Morgan fingerprint density at radius 3 is 2.49 bits per heavy atom. The maximum Gasteiger partial charge on any atom is 0.303 e. The van der Waals surface area contributed by atoms with Crippen LogP contribution in [0, 0.1) is 5.82 Å². The zero-order valence-electron chi connectivity index (χ0n) is 20.1. The number of aromatic nitrogens is 2. The van der Waals surface area contributed by atoms with E-state index in [-0.39, 0.29) is 12.2 Å². The van der Waals surface area contributed by atoms with Crippen LogP contribution in [0.1, 0.15) is 31.2 Å². The summed E-state index contributed by atoms with van der Waals surface area (Å²) in [5.74, 6) is 0.131. The lowest BCUT2D eigenvalue weighted by molar-refractivity contribution is -0.137. The number of carboxylic acids is 1. The van der Waals surface area contributed by atoms with Crippen LogP contribution < -0.4 is 4.74 Å². The normalized spacial score (nSPS) is 11.2. The minimum Gasteiger partial charge on any atom is -0.494 e. The maximum absolute atomic E-state index is 15.0. The largest absolute Gasteiger partial charge is 0.494 e. The van der Waals surface area contributed by atoms with Crippen molar-refractivity contribution in [3.05, 3.63) is 94.1 Å². The SMILES string of the molecule is CCn1cc(-c2ccc(Cl)cc2Cl)nc1C=Cc1ccc(-c2ccc(OCCCC(=O)O)cc2)cc1F. The predicted molar refractivity (Wildman–Crippen MR) is 146 cm³/mol. The van der Waals surface area contributed by atoms with Crippen molar-refractivity contribution in [3.63, 3.8) is 0 Å². The van der Waals surface area contributed by atoms with Gasteiger partial charge in [0.2, 0.25) is 0 Å². The van der Waals surface area contributed by atoms with E-state index in [1.165, 1.54) is 6.07 Å². The first-order valence-corrected chi connectivity index (χ1v) is 12.5. The molecular weight excluding hydrogens is 514 g/mol. The number of ether oxygens (including phenoxy) is 1. The fourth-order valence-corrected chi connectivity index (χ4v) is 4.31. The number of aliphatic carboxylic acids is 1. The molecule has 0 saturated heterocycles. The van der Waals surface area contributed by atoms with Gasteiger partial charge in [-0.25, -0.2) is 9.37 Å². The summed E-state index contributed by atoms with van der Waals surface area (Å²) in [6.45, 7) is 3.03. The van der Waals surface area contributed by atoms with Gasteiger partial charge in [0, 0.05) is 35.3 Å². The number of benzene rings is 3. The Balaban J connectivity index is 1.47. The van der Waals surface area contributed by atoms with Gasteiger partial charge >= 0.3 is 5.97 Å². The van der Waals surface area contributed by atoms with Crippen molar-refractivity contribution in [2.24, 2.45) is 0 Å². The van der Waals surface area contributed by atoms with Gasteiger partial charge in [-0.15, -0.1) is 0 Å². The fraction of sp³-hybridized carbons (Fsp3) is 0.172. The summed E-state index contributed by atoms with van der Waals surface area (Å²) < 4.78 is 22.5. The molecule has 190 valence electrons. The Morgan fingerprint density at radius 2 is 1.81 bits per heavy atom. The summed E-state index contributed by atoms with van der Waals surface area (Å²) >= 11 is 12.4. The van der Waals surface area contributed by atoms with E-state index in [4.69, 9.17) is 33.0 Å². The number of nitrogens with zero attached hydrogens (tertiary/aromatic N) is 2. The lowest BCUT2D eigenvalue weighted by Gasteiger charge is -2.08. The number of rotatable bonds is 10. The number of aryl methyl sites for hydroxylation is 1. The lowest BCUT2D eigenvalue weighted by Crippen LogP contribution is -2.01. The Kier molecular flexibility index (Phi) is 8.64. The van der Waals surface area contributed by atoms with Gasteiger partial charge in [0.1, 0.15) is 17.4 Å². The van der Waals surface area contributed by atoms with Crippen LogP contribution in [0.25, 0.3) is 34.5 Å². The van der Waals surface area contributed by atoms with Crippen LogP contribution in [0.5, 0.6) is 5.75 Å². The van der Waals surface area contributed by atoms with Crippen LogP contribution in [0.4, 0.5) is 4.39 Å². The van der Waals surface area contributed by atoms with Gasteiger partial charge in [-0.1, -0.05) is 47.5 Å². The molecule has 3 aromatic carbocycles. The number of halogens is 3. The van der Waals surface area contributed by atoms with E-state index in [0.717, 1.165) is 16.7 Å². The van der Waals surface area contributed by atoms with Gasteiger partial charge in [-0.3, -0.25) is 4.79 Å². The summed E-state index contributed by atoms with van der Waals surface area (Å²) in [5.41, 5.74) is 3.52. The third-order valence-electron chi connectivity index (χ3n) is 5.76. The summed E-state index contributed by atoms with van der Waals surface area (Å²) in [6, 6.07) is 17.6. The summed E-state index contributed by atoms with van der Waals surface area (Å²) in [4.78, 5) is 15.3. The molecule has 0 amide bonds. The average Bonchev–Trinajstić information content (AvgIpc) is 3.29. The minimum absolute atomic E-state index is 0.0658. The van der Waals surface area contributed by atoms with Crippen LogP contribution in [-0.2, 0) is 11.3 Å². The van der Waals surface area contributed by atoms with E-state index < -0.39 is 5.97 Å². The molecule has 0 fully saturated rings. The van der Waals surface area contributed by atoms with Crippen LogP contribution in [-0.4, -0.2) is 27.2 Å². The summed E-state index contributed by atoms with van der Waals surface area (Å²) in [6.07, 6.45) is 5.90. The molecule has 1 aromatic heterocycles. The summed E-state index contributed by atoms with van der Waals surface area (Å²) in [7, 11) is 0. The molecular formula is C29H25Cl2FN2O3. The molecule has 0 aliphatic carbocycles. The van der Waals surface area contributed by atoms with Crippen LogP contribution >= 0.6 is 23.2 Å². The second-order valence-corrected chi connectivity index (χ2v) is 9.18. The maximum atomic E-state index is 15.0. The van der Waals surface area contributed by atoms with E-state index in [1.807, 2.05) is 42.0 Å². The Hall–Kier alpha value is -3.61. The molecule has 1 heterocycles. The van der Waals surface area contributed by atoms with Crippen molar-refractivity contribution >= 4 is 41.3 Å². The Bertz CT molecular complexity index is 1430. The predicted octanol–water partition coefficient (Wildman–Crippen LogP) is 8.10. The molecule has 0 bridgehead atoms. The highest BCUT2D eigenvalue weighted by molar-refractivity contribution is 6.36. The molecule has 0 aliphatic heterocycles. The second-order valence-electron chi connectivity index (χ2n) is 8.33. The fourth-order valence-electron chi connectivity index (χ4n) is 3.81. The van der Waals surface area contributed by atoms with Gasteiger partial charge in [0.25, 0.3) is 0 Å². The minimum atomic E-state index is -0.845. The number of imidazole rings is 1. The van der Waals surface area contributed by atoms with Gasteiger partial charge in [-0.2, -0.15) is 0 Å². The van der Waals surface area contributed by atoms with E-state index in [0.29, 0.717) is 52.4 Å². The van der Waals surface area contributed by atoms with Crippen molar-refractivity contribution in [2.75, 3.05) is 6.61 Å². The molecule has 1 N–H and O–H groups in total. The van der Waals surface area contributed by atoms with Gasteiger partial charge in [0.15, 0.2) is 0 Å². The highest BCUT2D eigenvalue weighted by atomic mass is 35.5. The highest BCUT2D eigenvalue weighted by Gasteiger charge is 2.11. The van der Waals surface area contributed by atoms with Gasteiger partial charge < -0.3 is 14.4 Å². The molecule has 0 aliphatic rings. The first-order valence-electron chi connectivity index (χ1n) is 11.8. The van der Waals surface area contributed by atoms with Crippen molar-refractivity contribution in [1.29, 1.82) is 0 Å². The van der Waals surface area contributed by atoms with Gasteiger partial charge in [-0.05, 0) is 73.0 Å². The van der Waals surface area contributed by atoms with Crippen molar-refractivity contribution in [3.8, 4) is 28.1 Å². The van der Waals surface area contributed by atoms with Crippen molar-refractivity contribution in [1.82, 2.24) is 9.55 Å².